The van der Waals surface area contributed by atoms with Crippen LogP contribution in [0.5, 0.6) is 0 Å². The molecule has 0 fully saturated rings. The van der Waals surface area contributed by atoms with E-state index in [0.717, 1.165) is 12.8 Å². The highest BCUT2D eigenvalue weighted by molar-refractivity contribution is 5.58. The van der Waals surface area contributed by atoms with Gasteiger partial charge >= 0.3 is 0 Å². The van der Waals surface area contributed by atoms with Crippen molar-refractivity contribution in [3.05, 3.63) is 83.0 Å². The number of rotatable bonds is 2. The molecule has 0 heterocycles. The second-order valence-electron chi connectivity index (χ2n) is 4.92. The maximum atomic E-state index is 2.39. The summed E-state index contributed by atoms with van der Waals surface area (Å²) in [5.41, 5.74) is 5.76. The Bertz CT molecular complexity index is 553. The topological polar surface area (TPSA) is 0 Å². The van der Waals surface area contributed by atoms with Crippen molar-refractivity contribution in [2.24, 2.45) is 0 Å². The van der Waals surface area contributed by atoms with Crippen LogP contribution in [0, 0.1) is 0 Å². The number of hydrogen-bond acceptors (Lipinski definition) is 0. The number of benzene rings is 1. The average Bonchev–Trinajstić information content (AvgIpc) is 2.73. The Hall–Kier alpha value is -1.82. The third-order valence-electron chi connectivity index (χ3n) is 3.78. The third-order valence-corrected chi connectivity index (χ3v) is 3.78. The lowest BCUT2D eigenvalue weighted by Crippen LogP contribution is -2.01. The van der Waals surface area contributed by atoms with Crippen LogP contribution in [0.25, 0.3) is 0 Å². The van der Waals surface area contributed by atoms with Gasteiger partial charge in [0.2, 0.25) is 0 Å². The molecule has 0 heteroatoms. The lowest BCUT2D eigenvalue weighted by Gasteiger charge is -2.17. The minimum atomic E-state index is 0.511. The molecule has 2 aliphatic carbocycles. The normalized spacial score (nSPS) is 21.8. The highest BCUT2D eigenvalue weighted by Gasteiger charge is 2.22. The molecule has 0 aliphatic heterocycles. The van der Waals surface area contributed by atoms with Crippen LogP contribution in [-0.4, -0.2) is 0 Å². The first kappa shape index (κ1) is 11.3. The smallest absolute Gasteiger partial charge is 0.0130 e. The van der Waals surface area contributed by atoms with Gasteiger partial charge in [-0.05, 0) is 35.1 Å². The van der Waals surface area contributed by atoms with Gasteiger partial charge in [0.1, 0.15) is 0 Å². The maximum absolute atomic E-state index is 2.39. The Morgan fingerprint density at radius 3 is 2.72 bits per heavy atom. The van der Waals surface area contributed by atoms with Gasteiger partial charge in [-0.1, -0.05) is 67.6 Å². The fourth-order valence-corrected chi connectivity index (χ4v) is 2.77. The highest BCUT2D eigenvalue weighted by atomic mass is 14.3. The van der Waals surface area contributed by atoms with Crippen molar-refractivity contribution in [3.63, 3.8) is 0 Å². The Labute approximate surface area is 109 Å². The van der Waals surface area contributed by atoms with Crippen molar-refractivity contribution in [2.45, 2.75) is 25.7 Å². The van der Waals surface area contributed by atoms with Crippen LogP contribution < -0.4 is 0 Å². The van der Waals surface area contributed by atoms with E-state index < -0.39 is 0 Å². The fraction of sp³-hybridized carbons (Fsp3) is 0.222. The molecule has 0 radical (unpaired) electrons. The molecular weight excluding hydrogens is 216 g/mol. The van der Waals surface area contributed by atoms with E-state index in [4.69, 9.17) is 0 Å². The molecule has 18 heavy (non-hydrogen) atoms. The van der Waals surface area contributed by atoms with Crippen LogP contribution in [0.1, 0.15) is 31.2 Å². The first-order valence-corrected chi connectivity index (χ1v) is 6.73. The molecule has 2 aliphatic rings. The lowest BCUT2D eigenvalue weighted by molar-refractivity contribution is 0.828. The number of fused-ring (bicyclic) bond motifs is 1. The largest absolute Gasteiger partial charge is 0.0836 e. The van der Waals surface area contributed by atoms with E-state index in [9.17, 15) is 0 Å². The van der Waals surface area contributed by atoms with Crippen LogP contribution in [0.3, 0.4) is 0 Å². The molecule has 0 spiro atoms. The molecule has 1 aromatic carbocycles. The molecule has 0 nitrogen and oxygen atoms in total. The lowest BCUT2D eigenvalue weighted by atomic mass is 9.86. The van der Waals surface area contributed by atoms with Crippen molar-refractivity contribution < 1.29 is 0 Å². The zero-order valence-electron chi connectivity index (χ0n) is 10.8. The molecule has 0 bridgehead atoms. The average molecular weight is 234 g/mol. The van der Waals surface area contributed by atoms with Crippen molar-refractivity contribution in [1.29, 1.82) is 0 Å². The van der Waals surface area contributed by atoms with Crippen molar-refractivity contribution in [3.8, 4) is 0 Å². The van der Waals surface area contributed by atoms with E-state index in [2.05, 4.69) is 67.6 Å². The molecule has 0 aromatic heterocycles. The van der Waals surface area contributed by atoms with Gasteiger partial charge in [-0.3, -0.25) is 0 Å². The maximum Gasteiger partial charge on any atom is 0.0130 e. The summed E-state index contributed by atoms with van der Waals surface area (Å²) in [7, 11) is 0. The molecule has 0 saturated heterocycles. The number of hydrogen-bond donors (Lipinski definition) is 0. The van der Waals surface area contributed by atoms with Crippen LogP contribution >= 0.6 is 0 Å². The van der Waals surface area contributed by atoms with Gasteiger partial charge in [0.25, 0.3) is 0 Å². The van der Waals surface area contributed by atoms with E-state index in [0.29, 0.717) is 5.92 Å². The van der Waals surface area contributed by atoms with Gasteiger partial charge in [-0.25, -0.2) is 0 Å². The molecule has 1 unspecified atom stereocenters. The minimum absolute atomic E-state index is 0.511. The van der Waals surface area contributed by atoms with Crippen LogP contribution in [0.4, 0.5) is 0 Å². The molecule has 1 aromatic rings. The summed E-state index contributed by atoms with van der Waals surface area (Å²) in [4.78, 5) is 0. The molecule has 0 N–H and O–H groups in total. The molecule has 0 saturated carbocycles. The summed E-state index contributed by atoms with van der Waals surface area (Å²) in [6.45, 7) is 2.22. The summed E-state index contributed by atoms with van der Waals surface area (Å²) < 4.78 is 0. The zero-order valence-corrected chi connectivity index (χ0v) is 10.8. The van der Waals surface area contributed by atoms with Gasteiger partial charge in [-0.2, -0.15) is 0 Å². The molecule has 3 rings (SSSR count). The summed E-state index contributed by atoms with van der Waals surface area (Å²) in [5.74, 6) is 0.511. The Balaban J connectivity index is 2.02. The quantitative estimate of drug-likeness (QED) is 0.680. The summed E-state index contributed by atoms with van der Waals surface area (Å²) in [5, 5.41) is 0. The van der Waals surface area contributed by atoms with E-state index in [1.165, 1.54) is 22.3 Å². The zero-order chi connectivity index (χ0) is 12.4. The number of allylic oxidation sites excluding steroid dienone is 8. The fourth-order valence-electron chi connectivity index (χ4n) is 2.77. The van der Waals surface area contributed by atoms with Crippen molar-refractivity contribution in [1.82, 2.24) is 0 Å². The summed E-state index contributed by atoms with van der Waals surface area (Å²) in [6.07, 6.45) is 13.7. The Morgan fingerprint density at radius 2 is 1.94 bits per heavy atom. The predicted octanol–water partition coefficient (Wildman–Crippen LogP) is 4.93. The van der Waals surface area contributed by atoms with Gasteiger partial charge in [0.15, 0.2) is 0 Å². The van der Waals surface area contributed by atoms with E-state index in [1.54, 1.807) is 0 Å². The minimum Gasteiger partial charge on any atom is -0.0836 e. The van der Waals surface area contributed by atoms with Gasteiger partial charge < -0.3 is 0 Å². The standard InChI is InChI=1S/C18H18/c1-2-14-12-16-10-6-7-11-17(18(16)13-14)15-8-4-3-5-9-15/h3-10,12-13,17H,2,11H2,1H3. The molecular formula is C18H18. The van der Waals surface area contributed by atoms with Crippen LogP contribution in [0.15, 0.2) is 77.4 Å². The van der Waals surface area contributed by atoms with Gasteiger partial charge in [-0.15, -0.1) is 0 Å². The van der Waals surface area contributed by atoms with E-state index in [1.807, 2.05) is 0 Å². The SMILES string of the molecule is CCC1=CC2=CC=CCC(c3ccccc3)C2=C1. The van der Waals surface area contributed by atoms with E-state index in [-0.39, 0.29) is 0 Å². The van der Waals surface area contributed by atoms with Crippen LogP contribution in [0.2, 0.25) is 0 Å². The Kier molecular flexibility index (Phi) is 3.02. The van der Waals surface area contributed by atoms with Gasteiger partial charge in [0.05, 0.1) is 0 Å². The third kappa shape index (κ3) is 1.99. The second-order valence-corrected chi connectivity index (χ2v) is 4.92. The van der Waals surface area contributed by atoms with Crippen molar-refractivity contribution >= 4 is 0 Å². The predicted molar refractivity (Wildman–Crippen MR) is 77.5 cm³/mol. The summed E-state index contributed by atoms with van der Waals surface area (Å²) >= 11 is 0. The first-order valence-electron chi connectivity index (χ1n) is 6.73. The van der Waals surface area contributed by atoms with Gasteiger partial charge in [0, 0.05) is 5.92 Å². The second kappa shape index (κ2) is 4.81. The first-order chi connectivity index (χ1) is 8.88. The molecule has 0 amide bonds. The Morgan fingerprint density at radius 1 is 1.11 bits per heavy atom. The van der Waals surface area contributed by atoms with Crippen molar-refractivity contribution in [2.75, 3.05) is 0 Å². The highest BCUT2D eigenvalue weighted by Crippen LogP contribution is 2.39. The molecule has 1 atom stereocenters. The molecule has 90 valence electrons. The summed E-state index contributed by atoms with van der Waals surface area (Å²) in [6, 6.07) is 10.8. The van der Waals surface area contributed by atoms with Crippen LogP contribution in [-0.2, 0) is 0 Å². The monoisotopic (exact) mass is 234 g/mol. The van der Waals surface area contributed by atoms with E-state index >= 15 is 0 Å².